The summed E-state index contributed by atoms with van der Waals surface area (Å²) in [5, 5.41) is 0. The summed E-state index contributed by atoms with van der Waals surface area (Å²) in [5.74, 6) is -1.30. The maximum absolute atomic E-state index is 14.6. The zero-order valence-corrected chi connectivity index (χ0v) is 17.8. The molecule has 0 fully saturated rings. The van der Waals surface area contributed by atoms with Crippen LogP contribution in [0.1, 0.15) is 41.3 Å². The zero-order chi connectivity index (χ0) is 22.5. The van der Waals surface area contributed by atoms with Gasteiger partial charge in [-0.15, -0.1) is 0 Å². The number of pyridine rings is 1. The van der Waals surface area contributed by atoms with E-state index in [1.54, 1.807) is 50.4 Å². The van der Waals surface area contributed by atoms with Crippen molar-refractivity contribution >= 4 is 17.4 Å². The van der Waals surface area contributed by atoms with E-state index < -0.39 is 11.8 Å². The molecule has 0 N–H and O–H groups in total. The van der Waals surface area contributed by atoms with Crippen molar-refractivity contribution in [3.8, 4) is 11.1 Å². The van der Waals surface area contributed by atoms with E-state index in [1.165, 1.54) is 17.2 Å². The molecule has 31 heavy (non-hydrogen) atoms. The Bertz CT molecular complexity index is 1130. The van der Waals surface area contributed by atoms with E-state index in [2.05, 4.69) is 4.98 Å². The van der Waals surface area contributed by atoms with Gasteiger partial charge in [0.25, 0.3) is 0 Å². The van der Waals surface area contributed by atoms with Crippen LogP contribution >= 0.6 is 0 Å². The minimum Gasteiger partial charge on any atom is -0.313 e. The Labute approximate surface area is 180 Å². The number of halogens is 2. The van der Waals surface area contributed by atoms with E-state index in [4.69, 9.17) is 0 Å². The SMILES string of the molecule is CCC(=O)N(C)c1ccc(-c2ccc(C(=O)CCc3cccnc3F)c(C)c2)cc1F. The molecule has 0 saturated carbocycles. The summed E-state index contributed by atoms with van der Waals surface area (Å²) < 4.78 is 28.3. The average Bonchev–Trinajstić information content (AvgIpc) is 2.77. The monoisotopic (exact) mass is 422 g/mol. The number of amides is 1. The van der Waals surface area contributed by atoms with Crippen molar-refractivity contribution in [3.63, 3.8) is 0 Å². The van der Waals surface area contributed by atoms with Crippen molar-refractivity contribution in [1.29, 1.82) is 0 Å². The van der Waals surface area contributed by atoms with Gasteiger partial charge in [-0.1, -0.05) is 37.3 Å². The lowest BCUT2D eigenvalue weighted by Crippen LogP contribution is -2.25. The molecule has 0 radical (unpaired) electrons. The molecule has 0 spiro atoms. The second-order valence-electron chi connectivity index (χ2n) is 7.38. The van der Waals surface area contributed by atoms with Crippen LogP contribution in [0.4, 0.5) is 14.5 Å². The van der Waals surface area contributed by atoms with Gasteiger partial charge in [-0.05, 0) is 48.2 Å². The first-order valence-electron chi connectivity index (χ1n) is 10.1. The van der Waals surface area contributed by atoms with Crippen LogP contribution in [0, 0.1) is 18.7 Å². The van der Waals surface area contributed by atoms with Gasteiger partial charge in [0.2, 0.25) is 11.9 Å². The molecule has 3 rings (SSSR count). The van der Waals surface area contributed by atoms with E-state index >= 15 is 0 Å². The van der Waals surface area contributed by atoms with Crippen molar-refractivity contribution in [3.05, 3.63) is 83.2 Å². The highest BCUT2D eigenvalue weighted by Crippen LogP contribution is 2.28. The maximum atomic E-state index is 14.6. The standard InChI is InChI=1S/C25H24F2N2O2/c1-4-24(31)29(3)22-11-8-19(15-21(22)26)18-7-10-20(16(2)14-18)23(30)12-9-17-6-5-13-28-25(17)27/h5-8,10-11,13-15H,4,9,12H2,1-3H3. The highest BCUT2D eigenvalue weighted by Gasteiger charge is 2.15. The van der Waals surface area contributed by atoms with Gasteiger partial charge < -0.3 is 4.90 Å². The lowest BCUT2D eigenvalue weighted by molar-refractivity contribution is -0.118. The van der Waals surface area contributed by atoms with Crippen molar-refractivity contribution in [2.45, 2.75) is 33.1 Å². The van der Waals surface area contributed by atoms with E-state index in [0.29, 0.717) is 23.1 Å². The Morgan fingerprint density at radius 1 is 1.03 bits per heavy atom. The van der Waals surface area contributed by atoms with E-state index in [0.717, 1.165) is 11.1 Å². The van der Waals surface area contributed by atoms with Crippen molar-refractivity contribution in [1.82, 2.24) is 4.98 Å². The topological polar surface area (TPSA) is 50.3 Å². The molecule has 0 aliphatic heterocycles. The molecule has 2 aromatic carbocycles. The number of aromatic nitrogens is 1. The summed E-state index contributed by atoms with van der Waals surface area (Å²) in [4.78, 5) is 29.4. The summed E-state index contributed by atoms with van der Waals surface area (Å²) in [6.07, 6.45) is 2.11. The molecule has 1 aromatic heterocycles. The Balaban J connectivity index is 1.77. The number of benzene rings is 2. The second kappa shape index (κ2) is 9.60. The number of nitrogens with zero attached hydrogens (tertiary/aromatic N) is 2. The average molecular weight is 422 g/mol. The lowest BCUT2D eigenvalue weighted by atomic mass is 9.95. The number of aryl methyl sites for hydroxylation is 2. The predicted octanol–water partition coefficient (Wildman–Crippen LogP) is 5.52. The number of hydrogen-bond donors (Lipinski definition) is 0. The number of rotatable bonds is 7. The van der Waals surface area contributed by atoms with Crippen LogP contribution in [-0.2, 0) is 11.2 Å². The molecule has 0 aliphatic carbocycles. The van der Waals surface area contributed by atoms with E-state index in [-0.39, 0.29) is 30.2 Å². The van der Waals surface area contributed by atoms with E-state index in [1.807, 2.05) is 13.0 Å². The predicted molar refractivity (Wildman–Crippen MR) is 117 cm³/mol. The summed E-state index contributed by atoms with van der Waals surface area (Å²) in [6, 6.07) is 13.3. The molecule has 0 atom stereocenters. The van der Waals surface area contributed by atoms with Crippen LogP contribution in [-0.4, -0.2) is 23.7 Å². The Morgan fingerprint density at radius 3 is 2.39 bits per heavy atom. The molecule has 0 aliphatic rings. The Hall–Kier alpha value is -3.41. The Morgan fingerprint density at radius 2 is 1.74 bits per heavy atom. The second-order valence-corrected chi connectivity index (χ2v) is 7.38. The summed E-state index contributed by atoms with van der Waals surface area (Å²) in [7, 11) is 1.55. The van der Waals surface area contributed by atoms with Crippen molar-refractivity contribution in [2.24, 2.45) is 0 Å². The molecule has 0 unspecified atom stereocenters. The van der Waals surface area contributed by atoms with E-state index in [9.17, 15) is 18.4 Å². The molecule has 0 saturated heterocycles. The minimum atomic E-state index is -0.556. The van der Waals surface area contributed by atoms with Gasteiger partial charge in [-0.2, -0.15) is 4.39 Å². The number of Topliss-reactive ketones (excluding diaryl/α,β-unsaturated/α-hetero) is 1. The fourth-order valence-corrected chi connectivity index (χ4v) is 3.47. The van der Waals surface area contributed by atoms with Crippen molar-refractivity contribution < 1.29 is 18.4 Å². The third-order valence-electron chi connectivity index (χ3n) is 5.30. The van der Waals surface area contributed by atoms with Crippen LogP contribution in [0.3, 0.4) is 0 Å². The van der Waals surface area contributed by atoms with Gasteiger partial charge in [0.15, 0.2) is 5.78 Å². The van der Waals surface area contributed by atoms with Gasteiger partial charge in [-0.3, -0.25) is 9.59 Å². The largest absolute Gasteiger partial charge is 0.313 e. The first-order valence-corrected chi connectivity index (χ1v) is 10.1. The molecule has 0 bridgehead atoms. The van der Waals surface area contributed by atoms with Crippen LogP contribution in [0.5, 0.6) is 0 Å². The molecule has 6 heteroatoms. The van der Waals surface area contributed by atoms with Crippen molar-refractivity contribution in [2.75, 3.05) is 11.9 Å². The fraction of sp³-hybridized carbons (Fsp3) is 0.240. The lowest BCUT2D eigenvalue weighted by Gasteiger charge is -2.18. The maximum Gasteiger partial charge on any atom is 0.226 e. The minimum absolute atomic E-state index is 0.0893. The van der Waals surface area contributed by atoms with Gasteiger partial charge >= 0.3 is 0 Å². The summed E-state index contributed by atoms with van der Waals surface area (Å²) in [5.41, 5.74) is 3.37. The molecule has 3 aromatic rings. The van der Waals surface area contributed by atoms with Gasteiger partial charge in [0.05, 0.1) is 5.69 Å². The van der Waals surface area contributed by atoms with Crippen LogP contribution < -0.4 is 4.90 Å². The van der Waals surface area contributed by atoms with Gasteiger partial charge in [0.1, 0.15) is 5.82 Å². The quantitative estimate of drug-likeness (QED) is 0.372. The highest BCUT2D eigenvalue weighted by atomic mass is 19.1. The number of anilines is 1. The van der Waals surface area contributed by atoms with Gasteiger partial charge in [0, 0.05) is 37.2 Å². The number of carbonyl (C=O) groups excluding carboxylic acids is 2. The zero-order valence-electron chi connectivity index (χ0n) is 17.8. The smallest absolute Gasteiger partial charge is 0.226 e. The summed E-state index contributed by atoms with van der Waals surface area (Å²) in [6.45, 7) is 3.55. The molecular weight excluding hydrogens is 398 g/mol. The van der Waals surface area contributed by atoms with Crippen LogP contribution in [0.25, 0.3) is 11.1 Å². The van der Waals surface area contributed by atoms with Gasteiger partial charge in [-0.25, -0.2) is 9.37 Å². The number of hydrogen-bond acceptors (Lipinski definition) is 3. The number of carbonyl (C=O) groups is 2. The third-order valence-corrected chi connectivity index (χ3v) is 5.30. The molecule has 4 nitrogen and oxygen atoms in total. The normalized spacial score (nSPS) is 10.7. The van der Waals surface area contributed by atoms with Crippen LogP contribution in [0.15, 0.2) is 54.7 Å². The Kier molecular flexibility index (Phi) is 6.90. The van der Waals surface area contributed by atoms with Crippen LogP contribution in [0.2, 0.25) is 0 Å². The molecule has 1 amide bonds. The first kappa shape index (κ1) is 22.3. The fourth-order valence-electron chi connectivity index (χ4n) is 3.47. The summed E-state index contributed by atoms with van der Waals surface area (Å²) >= 11 is 0. The third kappa shape index (κ3) is 5.02. The number of ketones is 1. The molecular formula is C25H24F2N2O2. The molecule has 160 valence electrons. The highest BCUT2D eigenvalue weighted by molar-refractivity contribution is 5.98. The molecule has 1 heterocycles. The first-order chi connectivity index (χ1) is 14.8.